The van der Waals surface area contributed by atoms with Crippen LogP contribution < -0.4 is 5.32 Å². The van der Waals surface area contributed by atoms with Gasteiger partial charge in [0.25, 0.3) is 0 Å². The van der Waals surface area contributed by atoms with Crippen LogP contribution >= 0.6 is 0 Å². The first-order chi connectivity index (χ1) is 31.0. The van der Waals surface area contributed by atoms with E-state index in [1.54, 1.807) is 68.5 Å². The maximum absolute atomic E-state index is 15.7. The summed E-state index contributed by atoms with van der Waals surface area (Å²) in [5.74, 6) is -6.24. The molecule has 1 amide bonds. The Hall–Kier alpha value is -4.89. The van der Waals surface area contributed by atoms with Crippen molar-refractivity contribution in [3.05, 3.63) is 94.6 Å². The Morgan fingerprint density at radius 2 is 1.55 bits per heavy atom. The second-order valence-electron chi connectivity index (χ2n) is 18.7. The number of allylic oxidation sites excluding steroid dienone is 1. The van der Waals surface area contributed by atoms with E-state index in [0.29, 0.717) is 11.1 Å². The number of carbonyl (C=O) groups excluding carboxylic acids is 5. The highest BCUT2D eigenvalue weighted by Gasteiger charge is 2.78. The molecule has 2 saturated carbocycles. The summed E-state index contributed by atoms with van der Waals surface area (Å²) in [6, 6.07) is 14.6. The summed E-state index contributed by atoms with van der Waals surface area (Å²) in [7, 11) is 0. The molecule has 0 radical (unpaired) electrons. The Kier molecular flexibility index (Phi) is 13.6. The first kappa shape index (κ1) is 49.0. The maximum atomic E-state index is 15.7. The minimum absolute atomic E-state index is 0.0304. The van der Waals surface area contributed by atoms with E-state index < -0.39 is 138 Å². The Balaban J connectivity index is 1.39. The van der Waals surface area contributed by atoms with E-state index in [1.165, 1.54) is 39.8 Å². The van der Waals surface area contributed by atoms with Gasteiger partial charge in [-0.2, -0.15) is 0 Å². The van der Waals surface area contributed by atoms with Gasteiger partial charge < -0.3 is 64.4 Å². The van der Waals surface area contributed by atoms with Crippen LogP contribution in [-0.4, -0.2) is 146 Å². The van der Waals surface area contributed by atoms with Gasteiger partial charge in [-0.05, 0) is 56.5 Å². The van der Waals surface area contributed by atoms with Gasteiger partial charge in [0, 0.05) is 30.8 Å². The number of carbonyl (C=O) groups is 5. The van der Waals surface area contributed by atoms with Crippen molar-refractivity contribution in [3.63, 3.8) is 0 Å². The SMILES string of the molecule is CC=C(C)C(=O)N[C@@H](c1ccccc1)[C@@H](O)C(=O)O[C@H]1C[C@@]2(O)[C@@H](OC(=O)c3ccccc3)[C@@H]3[C@]4(OC(C)=O)CO[C@@H]4C[C@H](O[C@@H]4OC[C@@H](O)[C@H](O)[C@H]4O)[C@@]3(C)C(=O)[C@H](O)C(=C1C)C2(C)C. The Morgan fingerprint density at radius 3 is 2.14 bits per heavy atom. The van der Waals surface area contributed by atoms with Gasteiger partial charge in [0.2, 0.25) is 5.91 Å². The van der Waals surface area contributed by atoms with Crippen LogP contribution in [0.1, 0.15) is 83.3 Å². The molecule has 2 aromatic carbocycles. The second-order valence-corrected chi connectivity index (χ2v) is 18.7. The van der Waals surface area contributed by atoms with Crippen molar-refractivity contribution in [1.82, 2.24) is 5.32 Å². The summed E-state index contributed by atoms with van der Waals surface area (Å²) in [6.45, 7) is 9.42. The minimum Gasteiger partial charge on any atom is -0.456 e. The molecule has 2 saturated heterocycles. The molecule has 3 aliphatic carbocycles. The summed E-state index contributed by atoms with van der Waals surface area (Å²) < 4.78 is 36.7. The highest BCUT2D eigenvalue weighted by atomic mass is 16.7. The van der Waals surface area contributed by atoms with Gasteiger partial charge in [0.05, 0.1) is 42.3 Å². The number of aliphatic hydroxyl groups is 6. The number of benzene rings is 2. The van der Waals surface area contributed by atoms with Crippen molar-refractivity contribution < 1.29 is 83.0 Å². The van der Waals surface area contributed by atoms with Crippen LogP contribution in [0.25, 0.3) is 0 Å². The molecule has 15 atom stereocenters. The number of hydrogen-bond acceptors (Lipinski definition) is 17. The molecule has 0 aromatic heterocycles. The van der Waals surface area contributed by atoms with Crippen molar-refractivity contribution in [1.29, 1.82) is 0 Å². The average Bonchev–Trinajstić information content (AvgIpc) is 3.28. The molecule has 7 N–H and O–H groups in total. The van der Waals surface area contributed by atoms with Crippen LogP contribution in [0.2, 0.25) is 0 Å². The van der Waals surface area contributed by atoms with Crippen molar-refractivity contribution in [3.8, 4) is 0 Å². The van der Waals surface area contributed by atoms with Crippen LogP contribution in [0, 0.1) is 16.7 Å². The van der Waals surface area contributed by atoms with Crippen molar-refractivity contribution in [2.24, 2.45) is 16.7 Å². The van der Waals surface area contributed by atoms with Crippen LogP contribution in [0.3, 0.4) is 0 Å². The van der Waals surface area contributed by atoms with E-state index in [-0.39, 0.29) is 29.7 Å². The largest absolute Gasteiger partial charge is 0.456 e. The lowest BCUT2D eigenvalue weighted by atomic mass is 9.44. The molecule has 0 spiro atoms. The second kappa shape index (κ2) is 18.3. The fourth-order valence-electron chi connectivity index (χ4n) is 10.7. The number of amides is 1. The number of hydrogen-bond donors (Lipinski definition) is 7. The lowest BCUT2D eigenvalue weighted by Gasteiger charge is -2.68. The first-order valence-corrected chi connectivity index (χ1v) is 22.0. The zero-order valence-corrected chi connectivity index (χ0v) is 37.8. The molecule has 2 aromatic rings. The molecule has 18 heteroatoms. The Bertz CT molecular complexity index is 2270. The summed E-state index contributed by atoms with van der Waals surface area (Å²) in [4.78, 5) is 70.7. The Labute approximate surface area is 381 Å². The molecule has 0 unspecified atom stereocenters. The third-order valence-electron chi connectivity index (χ3n) is 14.7. The smallest absolute Gasteiger partial charge is 0.338 e. The number of esters is 3. The number of ether oxygens (including phenoxy) is 6. The number of fused-ring (bicyclic) bond motifs is 5. The molecule has 66 heavy (non-hydrogen) atoms. The lowest BCUT2D eigenvalue weighted by Crippen LogP contribution is -2.82. The highest BCUT2D eigenvalue weighted by molar-refractivity contribution is 5.95. The minimum atomic E-state index is -2.46. The van der Waals surface area contributed by atoms with Gasteiger partial charge in [-0.3, -0.25) is 14.4 Å². The standard InChI is InChI=1S/C48H59NO17/c1-8-23(2)41(57)49-33(26-15-11-9-12-16-26)36(54)43(59)63-29-20-48(60)40(65-42(58)27-17-13-10-14-18-27)38-46(7,39(56)35(53)32(24(29)3)45(48,5)6)30(19-31-47(38,22-62-31)66-25(4)50)64-44-37(55)34(52)28(51)21-61-44/h8-18,28-31,33-38,40,44,51-55,60H,19-22H2,1-7H3,(H,49,57)/t28-,29+,30+,31-,33+,34+,35-,36-,37-,38+,40+,44+,46-,47+,48-/m1/s1. The summed E-state index contributed by atoms with van der Waals surface area (Å²) in [5.41, 5.74) is -7.49. The van der Waals surface area contributed by atoms with Crippen LogP contribution in [-0.2, 0) is 47.6 Å². The number of rotatable bonds is 11. The van der Waals surface area contributed by atoms with Gasteiger partial charge in [0.15, 0.2) is 23.8 Å². The van der Waals surface area contributed by atoms with E-state index in [0.717, 1.165) is 6.92 Å². The van der Waals surface area contributed by atoms with Crippen LogP contribution in [0.15, 0.2) is 83.5 Å². The molecule has 2 aliphatic heterocycles. The van der Waals surface area contributed by atoms with E-state index >= 15 is 4.79 Å². The highest BCUT2D eigenvalue weighted by Crippen LogP contribution is 2.65. The molecule has 18 nitrogen and oxygen atoms in total. The third-order valence-corrected chi connectivity index (χ3v) is 14.7. The summed E-state index contributed by atoms with van der Waals surface area (Å²) >= 11 is 0. The molecule has 5 aliphatic rings. The number of Topliss-reactive ketones (excluding diaryl/α,β-unsaturated/α-hetero) is 1. The molecule has 4 fully saturated rings. The van der Waals surface area contributed by atoms with Gasteiger partial charge >= 0.3 is 17.9 Å². The monoisotopic (exact) mass is 921 g/mol. The van der Waals surface area contributed by atoms with Gasteiger partial charge in [-0.1, -0.05) is 68.5 Å². The fourth-order valence-corrected chi connectivity index (χ4v) is 10.7. The van der Waals surface area contributed by atoms with Crippen LogP contribution in [0.4, 0.5) is 0 Å². The first-order valence-electron chi connectivity index (χ1n) is 22.0. The molecule has 2 bridgehead atoms. The normalized spacial score (nSPS) is 37.0. The number of nitrogens with one attached hydrogen (secondary N) is 1. The van der Waals surface area contributed by atoms with Crippen molar-refractivity contribution >= 4 is 29.6 Å². The zero-order valence-electron chi connectivity index (χ0n) is 37.8. The maximum Gasteiger partial charge on any atom is 0.338 e. The van der Waals surface area contributed by atoms with Gasteiger partial charge in [0.1, 0.15) is 48.3 Å². The predicted molar refractivity (Wildman–Crippen MR) is 228 cm³/mol. The molecular formula is C48H59NO17. The topological polar surface area (TPSA) is 274 Å². The quantitative estimate of drug-likeness (QED) is 0.0724. The van der Waals surface area contributed by atoms with Gasteiger partial charge in [-0.15, -0.1) is 0 Å². The summed E-state index contributed by atoms with van der Waals surface area (Å²) in [6.07, 6.45) is -16.1. The van der Waals surface area contributed by atoms with E-state index in [1.807, 2.05) is 0 Å². The van der Waals surface area contributed by atoms with E-state index in [2.05, 4.69) is 5.32 Å². The molecular weight excluding hydrogens is 863 g/mol. The zero-order chi connectivity index (χ0) is 48.3. The predicted octanol–water partition coefficient (Wildman–Crippen LogP) is 1.28. The van der Waals surface area contributed by atoms with E-state index in [4.69, 9.17) is 28.4 Å². The van der Waals surface area contributed by atoms with Gasteiger partial charge in [-0.25, -0.2) is 9.59 Å². The van der Waals surface area contributed by atoms with Crippen molar-refractivity contribution in [2.45, 2.75) is 140 Å². The molecule has 358 valence electrons. The number of ketones is 1. The molecule has 2 heterocycles. The lowest BCUT2D eigenvalue weighted by molar-refractivity contribution is -0.366. The average molecular weight is 922 g/mol. The Morgan fingerprint density at radius 1 is 0.909 bits per heavy atom. The fraction of sp³-hybridized carbons (Fsp3) is 0.562. The molecule has 7 rings (SSSR count). The summed E-state index contributed by atoms with van der Waals surface area (Å²) in [5, 5.41) is 72.6. The van der Waals surface area contributed by atoms with E-state index in [9.17, 15) is 49.8 Å². The van der Waals surface area contributed by atoms with Crippen molar-refractivity contribution in [2.75, 3.05) is 13.2 Å². The number of aliphatic hydroxyl groups excluding tert-OH is 5. The van der Waals surface area contributed by atoms with Crippen LogP contribution in [0.5, 0.6) is 0 Å². The third kappa shape index (κ3) is 8.09.